The van der Waals surface area contributed by atoms with Crippen molar-refractivity contribution in [1.82, 2.24) is 4.98 Å². The third kappa shape index (κ3) is 3.99. The van der Waals surface area contributed by atoms with Gasteiger partial charge >= 0.3 is 0 Å². The first kappa shape index (κ1) is 19.8. The Balaban J connectivity index is 1.94. The van der Waals surface area contributed by atoms with E-state index in [4.69, 9.17) is 4.74 Å². The highest BCUT2D eigenvalue weighted by molar-refractivity contribution is 7.22. The number of amides is 1. The molecular weight excluding hydrogens is 372 g/mol. The standard InChI is InChI=1S/C21H24N4O2S/c1-6-13(3)24-25-21-22-16-11-12(2)18(14(4)19(16)28-21)23-20(26)15-9-7-8-10-17(15)27-5/h7-11H,6H2,1-5H3,(H,22,25)(H,23,26)/b24-13-. The summed E-state index contributed by atoms with van der Waals surface area (Å²) in [4.78, 5) is 17.4. The zero-order valence-electron chi connectivity index (χ0n) is 16.7. The van der Waals surface area contributed by atoms with Gasteiger partial charge in [0.15, 0.2) is 0 Å². The molecule has 7 heteroatoms. The fraction of sp³-hybridized carbons (Fsp3) is 0.286. The largest absolute Gasteiger partial charge is 0.496 e. The van der Waals surface area contributed by atoms with Crippen LogP contribution in [0.15, 0.2) is 35.4 Å². The summed E-state index contributed by atoms with van der Waals surface area (Å²) in [5, 5.41) is 8.10. The van der Waals surface area contributed by atoms with Crippen LogP contribution in [0.1, 0.15) is 41.8 Å². The number of nitrogens with zero attached hydrogens (tertiary/aromatic N) is 2. The maximum atomic E-state index is 12.8. The number of carbonyl (C=O) groups is 1. The number of benzene rings is 2. The summed E-state index contributed by atoms with van der Waals surface area (Å²) < 4.78 is 6.33. The first-order valence-corrected chi connectivity index (χ1v) is 9.90. The first-order chi connectivity index (χ1) is 13.4. The van der Waals surface area contributed by atoms with Gasteiger partial charge in [-0.25, -0.2) is 4.98 Å². The lowest BCUT2D eigenvalue weighted by Gasteiger charge is -2.13. The molecule has 0 aliphatic heterocycles. The number of aromatic nitrogens is 1. The molecule has 28 heavy (non-hydrogen) atoms. The number of hydrogen-bond donors (Lipinski definition) is 2. The minimum Gasteiger partial charge on any atom is -0.496 e. The van der Waals surface area contributed by atoms with Gasteiger partial charge in [0.05, 0.1) is 22.9 Å². The molecule has 2 N–H and O–H groups in total. The van der Waals surface area contributed by atoms with E-state index in [1.165, 1.54) is 11.3 Å². The van der Waals surface area contributed by atoms with E-state index in [0.29, 0.717) is 11.3 Å². The zero-order valence-corrected chi connectivity index (χ0v) is 17.5. The molecule has 0 saturated heterocycles. The lowest BCUT2D eigenvalue weighted by atomic mass is 10.1. The van der Waals surface area contributed by atoms with Crippen LogP contribution in [0.4, 0.5) is 10.8 Å². The van der Waals surface area contributed by atoms with Crippen molar-refractivity contribution >= 4 is 44.0 Å². The number of anilines is 2. The average Bonchev–Trinajstić information content (AvgIpc) is 3.12. The minimum atomic E-state index is -0.200. The maximum absolute atomic E-state index is 12.8. The Morgan fingerprint density at radius 1 is 1.29 bits per heavy atom. The normalized spacial score (nSPS) is 11.5. The molecule has 3 rings (SSSR count). The second kappa shape index (κ2) is 8.39. The fourth-order valence-electron chi connectivity index (χ4n) is 2.86. The second-order valence-corrected chi connectivity index (χ2v) is 7.53. The maximum Gasteiger partial charge on any atom is 0.259 e. The van der Waals surface area contributed by atoms with Gasteiger partial charge in [0, 0.05) is 11.4 Å². The number of rotatable bonds is 6. The summed E-state index contributed by atoms with van der Waals surface area (Å²) in [5.74, 6) is 0.346. The fourth-order valence-corrected chi connectivity index (χ4v) is 3.75. The van der Waals surface area contributed by atoms with Crippen LogP contribution in [0, 0.1) is 13.8 Å². The smallest absolute Gasteiger partial charge is 0.259 e. The lowest BCUT2D eigenvalue weighted by molar-refractivity contribution is 0.102. The average molecular weight is 397 g/mol. The van der Waals surface area contributed by atoms with Crippen LogP contribution in [0.5, 0.6) is 5.75 Å². The van der Waals surface area contributed by atoms with Crippen molar-refractivity contribution < 1.29 is 9.53 Å². The second-order valence-electron chi connectivity index (χ2n) is 6.53. The van der Waals surface area contributed by atoms with Crippen LogP contribution in [-0.4, -0.2) is 23.7 Å². The van der Waals surface area contributed by atoms with Gasteiger partial charge in [-0.1, -0.05) is 30.4 Å². The third-order valence-corrected chi connectivity index (χ3v) is 5.66. The van der Waals surface area contributed by atoms with Crippen molar-refractivity contribution in [3.05, 3.63) is 47.0 Å². The van der Waals surface area contributed by atoms with Gasteiger partial charge in [0.2, 0.25) is 5.13 Å². The predicted octanol–water partition coefficient (Wildman–Crippen LogP) is 5.37. The third-order valence-electron chi connectivity index (χ3n) is 4.56. The molecule has 1 heterocycles. The molecule has 3 aromatic rings. The Morgan fingerprint density at radius 2 is 2.04 bits per heavy atom. The number of fused-ring (bicyclic) bond motifs is 1. The van der Waals surface area contributed by atoms with Crippen LogP contribution in [0.3, 0.4) is 0 Å². The van der Waals surface area contributed by atoms with Crippen LogP contribution >= 0.6 is 11.3 Å². The van der Waals surface area contributed by atoms with E-state index in [0.717, 1.165) is 44.3 Å². The number of para-hydroxylation sites is 1. The van der Waals surface area contributed by atoms with E-state index in [1.54, 1.807) is 19.2 Å². The van der Waals surface area contributed by atoms with E-state index in [-0.39, 0.29) is 5.91 Å². The highest BCUT2D eigenvalue weighted by Crippen LogP contribution is 2.35. The van der Waals surface area contributed by atoms with Crippen LogP contribution in [0.2, 0.25) is 0 Å². The Morgan fingerprint density at radius 3 is 2.75 bits per heavy atom. The summed E-state index contributed by atoms with van der Waals surface area (Å²) in [6.07, 6.45) is 0.884. The molecule has 1 aromatic heterocycles. The summed E-state index contributed by atoms with van der Waals surface area (Å²) >= 11 is 1.52. The topological polar surface area (TPSA) is 75.6 Å². The molecule has 1 amide bonds. The van der Waals surface area contributed by atoms with Gasteiger partial charge in [-0.2, -0.15) is 5.10 Å². The summed E-state index contributed by atoms with van der Waals surface area (Å²) in [7, 11) is 1.56. The van der Waals surface area contributed by atoms with Crippen LogP contribution < -0.4 is 15.5 Å². The highest BCUT2D eigenvalue weighted by atomic mass is 32.1. The van der Waals surface area contributed by atoms with E-state index in [1.807, 2.05) is 39.0 Å². The van der Waals surface area contributed by atoms with Gasteiger partial charge in [-0.3, -0.25) is 10.2 Å². The molecular formula is C21H24N4O2S. The van der Waals surface area contributed by atoms with Gasteiger partial charge in [-0.15, -0.1) is 0 Å². The first-order valence-electron chi connectivity index (χ1n) is 9.08. The van der Waals surface area contributed by atoms with Crippen molar-refractivity contribution in [2.24, 2.45) is 5.10 Å². The molecule has 0 unspecified atom stereocenters. The summed E-state index contributed by atoms with van der Waals surface area (Å²) in [6, 6.07) is 9.17. The Kier molecular flexibility index (Phi) is 5.94. The molecule has 146 valence electrons. The highest BCUT2D eigenvalue weighted by Gasteiger charge is 2.17. The Bertz CT molecular complexity index is 1060. The van der Waals surface area contributed by atoms with Gasteiger partial charge < -0.3 is 10.1 Å². The number of hydrazone groups is 1. The molecule has 0 fully saturated rings. The van der Waals surface area contributed by atoms with Crippen molar-refractivity contribution in [3.63, 3.8) is 0 Å². The molecule has 0 bridgehead atoms. The van der Waals surface area contributed by atoms with Crippen molar-refractivity contribution in [1.29, 1.82) is 0 Å². The number of carbonyl (C=O) groups excluding carboxylic acids is 1. The number of thiazole rings is 1. The molecule has 0 atom stereocenters. The number of methoxy groups -OCH3 is 1. The van der Waals surface area contributed by atoms with Gasteiger partial charge in [-0.05, 0) is 56.5 Å². The molecule has 0 spiro atoms. The molecule has 0 aliphatic rings. The van der Waals surface area contributed by atoms with E-state index < -0.39 is 0 Å². The molecule has 0 radical (unpaired) electrons. The summed E-state index contributed by atoms with van der Waals surface area (Å²) in [5.41, 5.74) is 8.17. The molecule has 6 nitrogen and oxygen atoms in total. The van der Waals surface area contributed by atoms with E-state index in [9.17, 15) is 4.79 Å². The lowest BCUT2D eigenvalue weighted by Crippen LogP contribution is -2.14. The van der Waals surface area contributed by atoms with Gasteiger partial charge in [0.1, 0.15) is 5.75 Å². The number of aryl methyl sites for hydroxylation is 2. The number of ether oxygens (including phenoxy) is 1. The van der Waals surface area contributed by atoms with Crippen LogP contribution in [-0.2, 0) is 0 Å². The van der Waals surface area contributed by atoms with Crippen molar-refractivity contribution in [3.8, 4) is 5.75 Å². The Labute approximate surface area is 168 Å². The Hall–Kier alpha value is -2.93. The van der Waals surface area contributed by atoms with Crippen molar-refractivity contribution in [2.45, 2.75) is 34.1 Å². The molecule has 0 aliphatic carbocycles. The number of hydrogen-bond acceptors (Lipinski definition) is 6. The summed E-state index contributed by atoms with van der Waals surface area (Å²) in [6.45, 7) is 8.00. The predicted molar refractivity (Wildman–Crippen MR) is 117 cm³/mol. The van der Waals surface area contributed by atoms with E-state index in [2.05, 4.69) is 27.8 Å². The molecule has 0 saturated carbocycles. The van der Waals surface area contributed by atoms with Crippen molar-refractivity contribution in [2.75, 3.05) is 17.9 Å². The molecule has 2 aromatic carbocycles. The SMILES string of the molecule is CC/C(C)=N\Nc1nc2cc(C)c(NC(=O)c3ccccc3OC)c(C)c2s1. The monoisotopic (exact) mass is 396 g/mol. The van der Waals surface area contributed by atoms with Gasteiger partial charge in [0.25, 0.3) is 5.91 Å². The quantitative estimate of drug-likeness (QED) is 0.434. The van der Waals surface area contributed by atoms with Crippen LogP contribution in [0.25, 0.3) is 10.2 Å². The zero-order chi connectivity index (χ0) is 20.3. The number of nitrogens with one attached hydrogen (secondary N) is 2. The minimum absolute atomic E-state index is 0.200. The van der Waals surface area contributed by atoms with E-state index >= 15 is 0 Å².